The van der Waals surface area contributed by atoms with Crippen LogP contribution in [0.3, 0.4) is 0 Å². The van der Waals surface area contributed by atoms with Crippen LogP contribution >= 0.6 is 11.6 Å². The summed E-state index contributed by atoms with van der Waals surface area (Å²) in [6.07, 6.45) is 0. The van der Waals surface area contributed by atoms with Crippen molar-refractivity contribution in [1.82, 2.24) is 4.57 Å². The third-order valence-electron chi connectivity index (χ3n) is 4.16. The molecule has 0 spiro atoms. The molecule has 0 radical (unpaired) electrons. The molecule has 3 aromatic rings. The van der Waals surface area contributed by atoms with E-state index in [-0.39, 0.29) is 0 Å². The van der Waals surface area contributed by atoms with Crippen LogP contribution in [0.25, 0.3) is 10.9 Å². The molecule has 0 aliphatic rings. The Morgan fingerprint density at radius 1 is 1.05 bits per heavy atom. The van der Waals surface area contributed by atoms with E-state index >= 15 is 0 Å². The van der Waals surface area contributed by atoms with Gasteiger partial charge in [-0.25, -0.2) is 0 Å². The summed E-state index contributed by atoms with van der Waals surface area (Å²) in [7, 11) is 2.12. The first-order chi connectivity index (χ1) is 10.1. The standard InChI is InChI=1S/C18H19ClN2/c1-12-7-6-9-15(19)18(12)20-11-17-13(2)14-8-4-5-10-16(14)21(17)3/h4-10,20H,11H2,1-3H3. The molecule has 1 aromatic heterocycles. The molecular weight excluding hydrogens is 280 g/mol. The van der Waals surface area contributed by atoms with E-state index < -0.39 is 0 Å². The molecule has 0 saturated heterocycles. The molecule has 3 heteroatoms. The van der Waals surface area contributed by atoms with Gasteiger partial charge in [-0.05, 0) is 37.1 Å². The van der Waals surface area contributed by atoms with Gasteiger partial charge in [0.2, 0.25) is 0 Å². The van der Waals surface area contributed by atoms with Crippen molar-refractivity contribution < 1.29 is 0 Å². The number of benzene rings is 2. The lowest BCUT2D eigenvalue weighted by atomic mass is 10.1. The first-order valence-electron chi connectivity index (χ1n) is 7.11. The van der Waals surface area contributed by atoms with Gasteiger partial charge in [-0.2, -0.15) is 0 Å². The Hall–Kier alpha value is -1.93. The summed E-state index contributed by atoms with van der Waals surface area (Å²) in [6.45, 7) is 5.02. The van der Waals surface area contributed by atoms with Crippen molar-refractivity contribution in [2.24, 2.45) is 7.05 Å². The minimum atomic E-state index is 0.765. The van der Waals surface area contributed by atoms with Gasteiger partial charge in [-0.3, -0.25) is 0 Å². The van der Waals surface area contributed by atoms with Crippen molar-refractivity contribution in [3.05, 3.63) is 64.3 Å². The lowest BCUT2D eigenvalue weighted by Gasteiger charge is -2.13. The van der Waals surface area contributed by atoms with E-state index in [1.54, 1.807) is 0 Å². The summed E-state index contributed by atoms with van der Waals surface area (Å²) in [5.41, 5.74) is 6.06. The van der Waals surface area contributed by atoms with Crippen molar-refractivity contribution in [2.45, 2.75) is 20.4 Å². The van der Waals surface area contributed by atoms with E-state index in [4.69, 9.17) is 11.6 Å². The second-order valence-electron chi connectivity index (χ2n) is 5.43. The Labute approximate surface area is 130 Å². The fraction of sp³-hybridized carbons (Fsp3) is 0.222. The highest BCUT2D eigenvalue weighted by Gasteiger charge is 2.11. The molecular formula is C18H19ClN2. The summed E-state index contributed by atoms with van der Waals surface area (Å²) < 4.78 is 2.25. The van der Waals surface area contributed by atoms with Crippen LogP contribution < -0.4 is 5.32 Å². The van der Waals surface area contributed by atoms with Crippen molar-refractivity contribution in [1.29, 1.82) is 0 Å². The Kier molecular flexibility index (Phi) is 3.64. The normalized spacial score (nSPS) is 11.0. The zero-order valence-corrected chi connectivity index (χ0v) is 13.3. The van der Waals surface area contributed by atoms with E-state index in [9.17, 15) is 0 Å². The van der Waals surface area contributed by atoms with Gasteiger partial charge in [0, 0.05) is 23.6 Å². The van der Waals surface area contributed by atoms with Crippen LogP contribution in [0.15, 0.2) is 42.5 Å². The Bertz CT molecular complexity index is 743. The molecule has 0 bridgehead atoms. The van der Waals surface area contributed by atoms with Gasteiger partial charge >= 0.3 is 0 Å². The average Bonchev–Trinajstić information content (AvgIpc) is 2.72. The molecule has 2 nitrogen and oxygen atoms in total. The largest absolute Gasteiger partial charge is 0.378 e. The molecule has 1 N–H and O–H groups in total. The van der Waals surface area contributed by atoms with Gasteiger partial charge in [-0.15, -0.1) is 0 Å². The van der Waals surface area contributed by atoms with Crippen molar-refractivity contribution in [3.63, 3.8) is 0 Å². The number of aryl methyl sites for hydroxylation is 3. The van der Waals surface area contributed by atoms with Crippen molar-refractivity contribution >= 4 is 28.2 Å². The molecule has 108 valence electrons. The molecule has 1 heterocycles. The van der Waals surface area contributed by atoms with Gasteiger partial charge in [0.25, 0.3) is 0 Å². The van der Waals surface area contributed by atoms with Crippen LogP contribution in [0.5, 0.6) is 0 Å². The van der Waals surface area contributed by atoms with E-state index in [1.165, 1.54) is 27.7 Å². The fourth-order valence-corrected chi connectivity index (χ4v) is 3.20. The van der Waals surface area contributed by atoms with Gasteiger partial charge in [0.15, 0.2) is 0 Å². The highest BCUT2D eigenvalue weighted by molar-refractivity contribution is 6.33. The quantitative estimate of drug-likeness (QED) is 0.715. The van der Waals surface area contributed by atoms with Crippen LogP contribution in [0.2, 0.25) is 5.02 Å². The Morgan fingerprint density at radius 3 is 2.52 bits per heavy atom. The number of anilines is 1. The molecule has 0 unspecified atom stereocenters. The predicted molar refractivity (Wildman–Crippen MR) is 91.2 cm³/mol. The zero-order chi connectivity index (χ0) is 15.0. The first kappa shape index (κ1) is 14.0. The van der Waals surface area contributed by atoms with Crippen LogP contribution in [0, 0.1) is 13.8 Å². The molecule has 0 saturated carbocycles. The maximum atomic E-state index is 6.28. The van der Waals surface area contributed by atoms with E-state index in [0.29, 0.717) is 0 Å². The highest BCUT2D eigenvalue weighted by Crippen LogP contribution is 2.28. The first-order valence-corrected chi connectivity index (χ1v) is 7.49. The number of halogens is 1. The number of hydrogen-bond acceptors (Lipinski definition) is 1. The van der Waals surface area contributed by atoms with Gasteiger partial charge in [0.05, 0.1) is 17.3 Å². The number of hydrogen-bond donors (Lipinski definition) is 1. The number of nitrogens with one attached hydrogen (secondary N) is 1. The predicted octanol–water partition coefficient (Wildman–Crippen LogP) is 5.06. The summed E-state index contributed by atoms with van der Waals surface area (Å²) >= 11 is 6.28. The van der Waals surface area contributed by atoms with E-state index in [2.05, 4.69) is 61.1 Å². The summed E-state index contributed by atoms with van der Waals surface area (Å²) in [5, 5.41) is 5.57. The van der Waals surface area contributed by atoms with Crippen LogP contribution in [-0.4, -0.2) is 4.57 Å². The van der Waals surface area contributed by atoms with Gasteiger partial charge in [0.1, 0.15) is 0 Å². The lowest BCUT2D eigenvalue weighted by Crippen LogP contribution is -2.07. The number of rotatable bonds is 3. The SMILES string of the molecule is Cc1cccc(Cl)c1NCc1c(C)c2ccccc2n1C. The third-order valence-corrected chi connectivity index (χ3v) is 4.48. The Morgan fingerprint density at radius 2 is 1.81 bits per heavy atom. The lowest BCUT2D eigenvalue weighted by molar-refractivity contribution is 0.862. The molecule has 3 rings (SSSR count). The topological polar surface area (TPSA) is 17.0 Å². The van der Waals surface area contributed by atoms with E-state index in [0.717, 1.165) is 17.3 Å². The molecule has 21 heavy (non-hydrogen) atoms. The van der Waals surface area contributed by atoms with Crippen molar-refractivity contribution in [3.8, 4) is 0 Å². The van der Waals surface area contributed by atoms with Crippen molar-refractivity contribution in [2.75, 3.05) is 5.32 Å². The zero-order valence-electron chi connectivity index (χ0n) is 12.6. The molecule has 0 fully saturated rings. The van der Waals surface area contributed by atoms with Crippen LogP contribution in [0.4, 0.5) is 5.69 Å². The van der Waals surface area contributed by atoms with E-state index in [1.807, 2.05) is 12.1 Å². The van der Waals surface area contributed by atoms with Gasteiger partial charge in [-0.1, -0.05) is 41.9 Å². The second kappa shape index (κ2) is 5.45. The molecule has 0 atom stereocenters. The third kappa shape index (κ3) is 2.40. The van der Waals surface area contributed by atoms with Crippen LogP contribution in [0.1, 0.15) is 16.8 Å². The smallest absolute Gasteiger partial charge is 0.0640 e. The maximum absolute atomic E-state index is 6.28. The minimum Gasteiger partial charge on any atom is -0.378 e. The fourth-order valence-electron chi connectivity index (χ4n) is 2.91. The average molecular weight is 299 g/mol. The molecule has 2 aromatic carbocycles. The molecule has 0 aliphatic heterocycles. The minimum absolute atomic E-state index is 0.765. The monoisotopic (exact) mass is 298 g/mol. The number of nitrogens with zero attached hydrogens (tertiary/aromatic N) is 1. The number of para-hydroxylation sites is 2. The maximum Gasteiger partial charge on any atom is 0.0640 e. The summed E-state index contributed by atoms with van der Waals surface area (Å²) in [5.74, 6) is 0. The van der Waals surface area contributed by atoms with Crippen LogP contribution in [-0.2, 0) is 13.6 Å². The summed E-state index contributed by atoms with van der Waals surface area (Å²) in [4.78, 5) is 0. The summed E-state index contributed by atoms with van der Waals surface area (Å²) in [6, 6.07) is 14.5. The Balaban J connectivity index is 1.96. The number of aromatic nitrogens is 1. The van der Waals surface area contributed by atoms with Gasteiger partial charge < -0.3 is 9.88 Å². The molecule has 0 aliphatic carbocycles. The molecule has 0 amide bonds. The second-order valence-corrected chi connectivity index (χ2v) is 5.84. The highest BCUT2D eigenvalue weighted by atomic mass is 35.5. The number of fused-ring (bicyclic) bond motifs is 1.